The summed E-state index contributed by atoms with van der Waals surface area (Å²) in [4.78, 5) is 11.7. The van der Waals surface area contributed by atoms with E-state index < -0.39 is 0 Å². The van der Waals surface area contributed by atoms with Crippen molar-refractivity contribution in [2.45, 2.75) is 6.61 Å². The highest BCUT2D eigenvalue weighted by molar-refractivity contribution is 9.10. The molecule has 1 amide bonds. The van der Waals surface area contributed by atoms with Gasteiger partial charge in [-0.2, -0.15) is 0 Å². The van der Waals surface area contributed by atoms with Gasteiger partial charge in [0.2, 0.25) is 0 Å². The van der Waals surface area contributed by atoms with E-state index in [9.17, 15) is 4.79 Å². The number of aliphatic hydroxyl groups excluding tert-OH is 1. The molecule has 5 heteroatoms. The van der Waals surface area contributed by atoms with Crippen molar-refractivity contribution in [3.05, 3.63) is 58.6 Å². The Kier molecular flexibility index (Phi) is 5.15. The van der Waals surface area contributed by atoms with E-state index in [-0.39, 0.29) is 19.1 Å². The topological polar surface area (TPSA) is 58.6 Å². The Bertz CT molecular complexity index is 567. The number of nitrogens with one attached hydrogen (secondary N) is 1. The molecular formula is C15H14BrNO3. The van der Waals surface area contributed by atoms with Gasteiger partial charge in [-0.15, -0.1) is 0 Å². The molecule has 20 heavy (non-hydrogen) atoms. The molecule has 0 bridgehead atoms. The molecule has 0 heterocycles. The number of benzene rings is 2. The number of aliphatic hydroxyl groups is 1. The first-order chi connectivity index (χ1) is 9.67. The van der Waals surface area contributed by atoms with Crippen molar-refractivity contribution in [3.8, 4) is 5.75 Å². The normalized spacial score (nSPS) is 10.1. The number of carbonyl (C=O) groups is 1. The number of hydrogen-bond acceptors (Lipinski definition) is 3. The monoisotopic (exact) mass is 335 g/mol. The van der Waals surface area contributed by atoms with Gasteiger partial charge in [0.25, 0.3) is 5.91 Å². The maximum atomic E-state index is 11.7. The Hall–Kier alpha value is -1.85. The lowest BCUT2D eigenvalue weighted by Crippen LogP contribution is -2.20. The molecule has 104 valence electrons. The van der Waals surface area contributed by atoms with Crippen LogP contribution in [0.3, 0.4) is 0 Å². The Morgan fingerprint density at radius 1 is 1.10 bits per heavy atom. The molecule has 4 nitrogen and oxygen atoms in total. The van der Waals surface area contributed by atoms with Crippen LogP contribution in [0.15, 0.2) is 53.0 Å². The summed E-state index contributed by atoms with van der Waals surface area (Å²) in [5.41, 5.74) is 1.47. The van der Waals surface area contributed by atoms with Gasteiger partial charge in [-0.05, 0) is 42.0 Å². The van der Waals surface area contributed by atoms with Gasteiger partial charge in [0.05, 0.1) is 6.61 Å². The third-order valence-electron chi connectivity index (χ3n) is 2.60. The number of ether oxygens (including phenoxy) is 1. The molecule has 0 saturated carbocycles. The quantitative estimate of drug-likeness (QED) is 0.883. The number of hydrogen-bond donors (Lipinski definition) is 2. The summed E-state index contributed by atoms with van der Waals surface area (Å²) in [6.07, 6.45) is 0. The summed E-state index contributed by atoms with van der Waals surface area (Å²) in [6, 6.07) is 14.3. The van der Waals surface area contributed by atoms with Crippen LogP contribution in [0, 0.1) is 0 Å². The lowest BCUT2D eigenvalue weighted by Gasteiger charge is -2.08. The Morgan fingerprint density at radius 3 is 2.35 bits per heavy atom. The van der Waals surface area contributed by atoms with Crippen LogP contribution in [-0.4, -0.2) is 17.6 Å². The Balaban J connectivity index is 1.84. The Morgan fingerprint density at radius 2 is 1.75 bits per heavy atom. The summed E-state index contributed by atoms with van der Waals surface area (Å²) >= 11 is 3.33. The van der Waals surface area contributed by atoms with E-state index in [1.165, 1.54) is 0 Å². The third-order valence-corrected chi connectivity index (χ3v) is 3.13. The second-order valence-corrected chi connectivity index (χ2v) is 5.06. The number of amides is 1. The molecule has 0 aliphatic rings. The van der Waals surface area contributed by atoms with E-state index in [1.54, 1.807) is 36.4 Å². The molecule has 0 saturated heterocycles. The summed E-state index contributed by atoms with van der Waals surface area (Å²) < 4.78 is 6.32. The van der Waals surface area contributed by atoms with Crippen molar-refractivity contribution < 1.29 is 14.6 Å². The van der Waals surface area contributed by atoms with Crippen LogP contribution in [0.2, 0.25) is 0 Å². The molecule has 0 aromatic heterocycles. The highest BCUT2D eigenvalue weighted by Gasteiger charge is 2.03. The van der Waals surface area contributed by atoms with Crippen molar-refractivity contribution in [3.63, 3.8) is 0 Å². The van der Waals surface area contributed by atoms with Crippen LogP contribution < -0.4 is 10.1 Å². The minimum atomic E-state index is -0.232. The van der Waals surface area contributed by atoms with Gasteiger partial charge in [-0.3, -0.25) is 4.79 Å². The smallest absolute Gasteiger partial charge is 0.262 e. The van der Waals surface area contributed by atoms with Gasteiger partial charge < -0.3 is 15.2 Å². The standard InChI is InChI=1S/C15H14BrNO3/c16-12-3-7-14(8-4-12)20-10-15(19)17-13-5-1-11(9-18)2-6-13/h1-8,18H,9-10H2,(H,17,19). The molecule has 0 radical (unpaired) electrons. The van der Waals surface area contributed by atoms with Gasteiger partial charge in [0.1, 0.15) is 5.75 Å². The summed E-state index contributed by atoms with van der Waals surface area (Å²) in [6.45, 7) is -0.0652. The highest BCUT2D eigenvalue weighted by Crippen LogP contribution is 2.16. The van der Waals surface area contributed by atoms with E-state index in [1.807, 2.05) is 12.1 Å². The third kappa shape index (κ3) is 4.36. The van der Waals surface area contributed by atoms with Crippen molar-refractivity contribution in [2.75, 3.05) is 11.9 Å². The van der Waals surface area contributed by atoms with E-state index >= 15 is 0 Å². The molecule has 0 spiro atoms. The second-order valence-electron chi connectivity index (χ2n) is 4.15. The summed E-state index contributed by atoms with van der Waals surface area (Å²) in [7, 11) is 0. The van der Waals surface area contributed by atoms with Crippen LogP contribution in [0.4, 0.5) is 5.69 Å². The zero-order valence-corrected chi connectivity index (χ0v) is 12.3. The van der Waals surface area contributed by atoms with Crippen molar-refractivity contribution >= 4 is 27.5 Å². The van der Waals surface area contributed by atoms with E-state index in [0.717, 1.165) is 10.0 Å². The molecule has 2 N–H and O–H groups in total. The average Bonchev–Trinajstić information content (AvgIpc) is 2.47. The first kappa shape index (κ1) is 14.6. The molecule has 0 atom stereocenters. The maximum absolute atomic E-state index is 11.7. The van der Waals surface area contributed by atoms with Gasteiger partial charge in [-0.1, -0.05) is 28.1 Å². The van der Waals surface area contributed by atoms with E-state index in [4.69, 9.17) is 9.84 Å². The zero-order chi connectivity index (χ0) is 14.4. The highest BCUT2D eigenvalue weighted by atomic mass is 79.9. The fourth-order valence-electron chi connectivity index (χ4n) is 1.57. The molecule has 2 rings (SSSR count). The van der Waals surface area contributed by atoms with Crippen LogP contribution >= 0.6 is 15.9 Å². The van der Waals surface area contributed by atoms with Gasteiger partial charge in [0, 0.05) is 10.2 Å². The van der Waals surface area contributed by atoms with Crippen molar-refractivity contribution in [2.24, 2.45) is 0 Å². The van der Waals surface area contributed by atoms with E-state index in [0.29, 0.717) is 11.4 Å². The van der Waals surface area contributed by atoms with Crippen LogP contribution in [-0.2, 0) is 11.4 Å². The number of anilines is 1. The number of halogens is 1. The summed E-state index contributed by atoms with van der Waals surface area (Å²) in [5, 5.41) is 11.6. The second kappa shape index (κ2) is 7.07. The van der Waals surface area contributed by atoms with E-state index in [2.05, 4.69) is 21.2 Å². The SMILES string of the molecule is O=C(COc1ccc(Br)cc1)Nc1ccc(CO)cc1. The molecular weight excluding hydrogens is 322 g/mol. The maximum Gasteiger partial charge on any atom is 0.262 e. The van der Waals surface area contributed by atoms with Crippen LogP contribution in [0.1, 0.15) is 5.56 Å². The minimum Gasteiger partial charge on any atom is -0.484 e. The van der Waals surface area contributed by atoms with Crippen LogP contribution in [0.25, 0.3) is 0 Å². The largest absolute Gasteiger partial charge is 0.484 e. The molecule has 0 fully saturated rings. The predicted molar refractivity (Wildman–Crippen MR) is 80.6 cm³/mol. The molecule has 2 aromatic rings. The molecule has 0 aliphatic heterocycles. The molecule has 0 aliphatic carbocycles. The molecule has 2 aromatic carbocycles. The first-order valence-electron chi connectivity index (χ1n) is 6.05. The lowest BCUT2D eigenvalue weighted by atomic mass is 10.2. The average molecular weight is 336 g/mol. The predicted octanol–water partition coefficient (Wildman–Crippen LogP) is 2.96. The Labute approximate surface area is 125 Å². The van der Waals surface area contributed by atoms with Gasteiger partial charge >= 0.3 is 0 Å². The van der Waals surface area contributed by atoms with Gasteiger partial charge in [-0.25, -0.2) is 0 Å². The summed E-state index contributed by atoms with van der Waals surface area (Å²) in [5.74, 6) is 0.406. The minimum absolute atomic E-state index is 0.0130. The number of rotatable bonds is 5. The van der Waals surface area contributed by atoms with Crippen LogP contribution in [0.5, 0.6) is 5.75 Å². The van der Waals surface area contributed by atoms with Gasteiger partial charge in [0.15, 0.2) is 6.61 Å². The number of carbonyl (C=O) groups excluding carboxylic acids is 1. The van der Waals surface area contributed by atoms with Crippen molar-refractivity contribution in [1.29, 1.82) is 0 Å². The molecule has 0 unspecified atom stereocenters. The van der Waals surface area contributed by atoms with Crippen molar-refractivity contribution in [1.82, 2.24) is 0 Å². The first-order valence-corrected chi connectivity index (χ1v) is 6.84. The fourth-order valence-corrected chi connectivity index (χ4v) is 1.83. The lowest BCUT2D eigenvalue weighted by molar-refractivity contribution is -0.118. The zero-order valence-electron chi connectivity index (χ0n) is 10.7. The fraction of sp³-hybridized carbons (Fsp3) is 0.133.